The first kappa shape index (κ1) is 16.4. The molecule has 128 valence electrons. The summed E-state index contributed by atoms with van der Waals surface area (Å²) in [5.41, 5.74) is 3.53. The molecule has 4 rings (SSSR count). The molecule has 4 nitrogen and oxygen atoms in total. The van der Waals surface area contributed by atoms with Crippen LogP contribution >= 0.6 is 22.7 Å². The Bertz CT molecular complexity index is 843. The number of thiophene rings is 1. The van der Waals surface area contributed by atoms with Gasteiger partial charge in [0.25, 0.3) is 0 Å². The van der Waals surface area contributed by atoms with Gasteiger partial charge in [0.2, 0.25) is 5.91 Å². The van der Waals surface area contributed by atoms with Crippen LogP contribution in [0.25, 0.3) is 0 Å². The number of benzene rings is 1. The van der Waals surface area contributed by atoms with E-state index in [1.165, 1.54) is 10.4 Å². The van der Waals surface area contributed by atoms with Gasteiger partial charge in [-0.05, 0) is 28.0 Å². The first-order valence-corrected chi connectivity index (χ1v) is 10.1. The van der Waals surface area contributed by atoms with Crippen molar-refractivity contribution in [3.05, 3.63) is 68.9 Å². The molecule has 25 heavy (non-hydrogen) atoms. The van der Waals surface area contributed by atoms with Crippen LogP contribution < -0.4 is 5.32 Å². The third-order valence-electron chi connectivity index (χ3n) is 4.25. The Balaban J connectivity index is 1.38. The largest absolute Gasteiger partial charge is 0.302 e. The second kappa shape index (κ2) is 7.47. The van der Waals surface area contributed by atoms with Gasteiger partial charge in [-0.25, -0.2) is 4.98 Å². The molecule has 1 aliphatic heterocycles. The highest BCUT2D eigenvalue weighted by Gasteiger charge is 2.21. The molecular formula is C19H19N3OS2. The number of hydrogen-bond donors (Lipinski definition) is 1. The van der Waals surface area contributed by atoms with Gasteiger partial charge in [0.15, 0.2) is 5.13 Å². The van der Waals surface area contributed by atoms with E-state index in [1.807, 2.05) is 22.9 Å². The Labute approximate surface area is 155 Å². The Morgan fingerprint density at radius 1 is 1.20 bits per heavy atom. The van der Waals surface area contributed by atoms with Crippen molar-refractivity contribution in [1.82, 2.24) is 9.88 Å². The zero-order chi connectivity index (χ0) is 17.1. The molecule has 0 fully saturated rings. The summed E-state index contributed by atoms with van der Waals surface area (Å²) in [6.45, 7) is 2.87. The predicted octanol–water partition coefficient (Wildman–Crippen LogP) is 3.94. The van der Waals surface area contributed by atoms with Crippen LogP contribution in [0.4, 0.5) is 5.13 Å². The van der Waals surface area contributed by atoms with Crippen LogP contribution in [0.3, 0.4) is 0 Å². The summed E-state index contributed by atoms with van der Waals surface area (Å²) < 4.78 is 0. The summed E-state index contributed by atoms with van der Waals surface area (Å²) in [5, 5.41) is 7.68. The molecule has 3 heterocycles. The minimum Gasteiger partial charge on any atom is -0.302 e. The molecule has 0 spiro atoms. The number of nitrogens with zero attached hydrogens (tertiary/aromatic N) is 2. The molecule has 1 N–H and O–H groups in total. The van der Waals surface area contributed by atoms with E-state index in [9.17, 15) is 4.79 Å². The molecular weight excluding hydrogens is 350 g/mol. The summed E-state index contributed by atoms with van der Waals surface area (Å²) in [7, 11) is 0. The summed E-state index contributed by atoms with van der Waals surface area (Å²) >= 11 is 3.22. The van der Waals surface area contributed by atoms with Crippen molar-refractivity contribution < 1.29 is 4.79 Å². The highest BCUT2D eigenvalue weighted by atomic mass is 32.1. The van der Waals surface area contributed by atoms with Gasteiger partial charge in [0, 0.05) is 30.9 Å². The minimum absolute atomic E-state index is 0.00522. The molecule has 0 bridgehead atoms. The Morgan fingerprint density at radius 2 is 2.08 bits per heavy atom. The first-order chi connectivity index (χ1) is 12.3. The number of aromatic nitrogens is 1. The Hall–Kier alpha value is -2.02. The van der Waals surface area contributed by atoms with E-state index in [4.69, 9.17) is 0 Å². The summed E-state index contributed by atoms with van der Waals surface area (Å²) in [6.07, 6.45) is 1.35. The molecule has 6 heteroatoms. The molecule has 3 aromatic rings. The van der Waals surface area contributed by atoms with Gasteiger partial charge in [-0.3, -0.25) is 9.69 Å². The zero-order valence-corrected chi connectivity index (χ0v) is 15.4. The van der Waals surface area contributed by atoms with Gasteiger partial charge < -0.3 is 5.32 Å². The number of anilines is 1. The maximum Gasteiger partial charge on any atom is 0.230 e. The second-order valence-electron chi connectivity index (χ2n) is 6.19. The number of fused-ring (bicyclic) bond motifs is 1. The van der Waals surface area contributed by atoms with Crippen LogP contribution in [0, 0.1) is 0 Å². The van der Waals surface area contributed by atoms with Crippen LogP contribution in [-0.2, 0) is 30.7 Å². The minimum atomic E-state index is 0.00522. The quantitative estimate of drug-likeness (QED) is 0.741. The molecule has 0 saturated heterocycles. The van der Waals surface area contributed by atoms with E-state index >= 15 is 0 Å². The van der Waals surface area contributed by atoms with Gasteiger partial charge >= 0.3 is 0 Å². The fourth-order valence-corrected chi connectivity index (χ4v) is 4.76. The average molecular weight is 370 g/mol. The lowest BCUT2D eigenvalue weighted by molar-refractivity contribution is -0.115. The molecule has 0 aliphatic carbocycles. The van der Waals surface area contributed by atoms with E-state index in [0.29, 0.717) is 6.42 Å². The molecule has 1 amide bonds. The lowest BCUT2D eigenvalue weighted by atomic mass is 10.1. The molecule has 0 atom stereocenters. The lowest BCUT2D eigenvalue weighted by Gasteiger charge is -2.25. The summed E-state index contributed by atoms with van der Waals surface area (Å²) in [6, 6.07) is 12.5. The number of carbonyl (C=O) groups excluding carboxylic acids is 1. The van der Waals surface area contributed by atoms with Gasteiger partial charge in [0.05, 0.1) is 12.1 Å². The second-order valence-corrected chi connectivity index (χ2v) is 8.06. The van der Waals surface area contributed by atoms with Crippen LogP contribution in [0.15, 0.2) is 47.2 Å². The van der Waals surface area contributed by atoms with Gasteiger partial charge in [-0.15, -0.1) is 11.3 Å². The van der Waals surface area contributed by atoms with Crippen molar-refractivity contribution in [2.24, 2.45) is 0 Å². The van der Waals surface area contributed by atoms with Crippen molar-refractivity contribution in [2.75, 3.05) is 11.9 Å². The Morgan fingerprint density at radius 3 is 2.88 bits per heavy atom. The fraction of sp³-hybridized carbons (Fsp3) is 0.263. The highest BCUT2D eigenvalue weighted by Crippen LogP contribution is 2.29. The molecule has 0 unspecified atom stereocenters. The number of amides is 1. The Kier molecular flexibility index (Phi) is 4.92. The first-order valence-electron chi connectivity index (χ1n) is 8.32. The van der Waals surface area contributed by atoms with E-state index < -0.39 is 0 Å². The number of nitrogens with one attached hydrogen (secondary N) is 1. The van der Waals surface area contributed by atoms with E-state index in [-0.39, 0.29) is 5.91 Å². The van der Waals surface area contributed by atoms with Crippen molar-refractivity contribution in [1.29, 1.82) is 0 Å². The topological polar surface area (TPSA) is 45.2 Å². The van der Waals surface area contributed by atoms with Crippen molar-refractivity contribution in [3.8, 4) is 0 Å². The third-order valence-corrected chi connectivity index (χ3v) is 5.98. The number of thiazole rings is 1. The van der Waals surface area contributed by atoms with Crippen LogP contribution in [0.1, 0.15) is 21.7 Å². The van der Waals surface area contributed by atoms with Gasteiger partial charge in [-0.1, -0.05) is 30.3 Å². The average Bonchev–Trinajstić information content (AvgIpc) is 3.24. The number of rotatable bonds is 5. The van der Waals surface area contributed by atoms with E-state index in [0.717, 1.165) is 42.4 Å². The number of carbonyl (C=O) groups is 1. The van der Waals surface area contributed by atoms with Crippen molar-refractivity contribution in [3.63, 3.8) is 0 Å². The van der Waals surface area contributed by atoms with E-state index in [2.05, 4.69) is 39.5 Å². The van der Waals surface area contributed by atoms with E-state index in [1.54, 1.807) is 22.7 Å². The maximum absolute atomic E-state index is 12.1. The van der Waals surface area contributed by atoms with Gasteiger partial charge in [-0.2, -0.15) is 11.3 Å². The summed E-state index contributed by atoms with van der Waals surface area (Å²) in [5.74, 6) is 0.00522. The molecule has 0 radical (unpaired) electrons. The number of hydrogen-bond acceptors (Lipinski definition) is 5. The summed E-state index contributed by atoms with van der Waals surface area (Å²) in [4.78, 5) is 20.5. The molecule has 2 aromatic heterocycles. The zero-order valence-electron chi connectivity index (χ0n) is 13.8. The SMILES string of the molecule is O=C(Cc1ccsc1)Nc1nc2c(s1)CN(Cc1ccccc1)CC2. The third kappa shape index (κ3) is 4.15. The van der Waals surface area contributed by atoms with Crippen molar-refractivity contribution >= 4 is 33.7 Å². The molecule has 1 aromatic carbocycles. The van der Waals surface area contributed by atoms with Gasteiger partial charge in [0.1, 0.15) is 0 Å². The van der Waals surface area contributed by atoms with Crippen LogP contribution in [0.5, 0.6) is 0 Å². The molecule has 0 saturated carbocycles. The molecule has 1 aliphatic rings. The predicted molar refractivity (Wildman–Crippen MR) is 103 cm³/mol. The maximum atomic E-state index is 12.1. The fourth-order valence-electron chi connectivity index (χ4n) is 3.02. The standard InChI is InChI=1S/C19H19N3OS2/c23-18(10-15-7-9-24-13-15)21-19-20-16-6-8-22(12-17(16)25-19)11-14-4-2-1-3-5-14/h1-5,7,9,13H,6,8,10-12H2,(H,20,21,23). The smallest absolute Gasteiger partial charge is 0.230 e. The lowest BCUT2D eigenvalue weighted by Crippen LogP contribution is -2.29. The van der Waals surface area contributed by atoms with Crippen LogP contribution in [-0.4, -0.2) is 22.3 Å². The van der Waals surface area contributed by atoms with Crippen LogP contribution in [0.2, 0.25) is 0 Å². The normalized spacial score (nSPS) is 14.2. The van der Waals surface area contributed by atoms with Crippen molar-refractivity contribution in [2.45, 2.75) is 25.9 Å². The highest BCUT2D eigenvalue weighted by molar-refractivity contribution is 7.15. The monoisotopic (exact) mass is 369 g/mol.